The number of rotatable bonds is 5. The SMILES string of the molecule is CCn1cc(C(Nc2ccccc2C)C(=O)OC)cn1. The first-order valence-corrected chi connectivity index (χ1v) is 6.58. The number of aromatic nitrogens is 2. The van der Waals surface area contributed by atoms with Crippen LogP contribution in [0.3, 0.4) is 0 Å². The fourth-order valence-corrected chi connectivity index (χ4v) is 1.99. The number of nitrogens with one attached hydrogen (secondary N) is 1. The lowest BCUT2D eigenvalue weighted by molar-refractivity contribution is -0.141. The minimum absolute atomic E-state index is 0.330. The Kier molecular flexibility index (Phi) is 4.40. The van der Waals surface area contributed by atoms with E-state index in [0.717, 1.165) is 23.4 Å². The lowest BCUT2D eigenvalue weighted by Crippen LogP contribution is -2.22. The van der Waals surface area contributed by atoms with Crippen LogP contribution in [0.15, 0.2) is 36.7 Å². The molecule has 0 radical (unpaired) electrons. The molecule has 106 valence electrons. The molecule has 1 atom stereocenters. The summed E-state index contributed by atoms with van der Waals surface area (Å²) in [5.41, 5.74) is 2.78. The van der Waals surface area contributed by atoms with Gasteiger partial charge in [0, 0.05) is 24.0 Å². The zero-order valence-electron chi connectivity index (χ0n) is 12.0. The average Bonchev–Trinajstić information content (AvgIpc) is 2.94. The Balaban J connectivity index is 2.29. The summed E-state index contributed by atoms with van der Waals surface area (Å²) in [6, 6.07) is 7.27. The summed E-state index contributed by atoms with van der Waals surface area (Å²) in [5.74, 6) is -0.330. The molecular weight excluding hydrogens is 254 g/mol. The molecule has 1 aromatic carbocycles. The van der Waals surface area contributed by atoms with Gasteiger partial charge >= 0.3 is 5.97 Å². The van der Waals surface area contributed by atoms with E-state index in [4.69, 9.17) is 4.74 Å². The minimum atomic E-state index is -0.554. The largest absolute Gasteiger partial charge is 0.467 e. The van der Waals surface area contributed by atoms with Crippen molar-refractivity contribution in [2.45, 2.75) is 26.4 Å². The Morgan fingerprint density at radius 1 is 1.45 bits per heavy atom. The summed E-state index contributed by atoms with van der Waals surface area (Å²) in [7, 11) is 1.39. The van der Waals surface area contributed by atoms with E-state index in [2.05, 4.69) is 10.4 Å². The van der Waals surface area contributed by atoms with Crippen molar-refractivity contribution in [3.8, 4) is 0 Å². The Labute approximate surface area is 118 Å². The van der Waals surface area contributed by atoms with Crippen LogP contribution in [0, 0.1) is 6.92 Å². The van der Waals surface area contributed by atoms with Gasteiger partial charge in [-0.15, -0.1) is 0 Å². The van der Waals surface area contributed by atoms with Crippen LogP contribution in [-0.2, 0) is 16.1 Å². The van der Waals surface area contributed by atoms with Crippen molar-refractivity contribution in [1.29, 1.82) is 0 Å². The number of nitrogens with zero attached hydrogens (tertiary/aromatic N) is 2. The first kappa shape index (κ1) is 14.1. The highest BCUT2D eigenvalue weighted by atomic mass is 16.5. The van der Waals surface area contributed by atoms with Crippen LogP contribution in [-0.4, -0.2) is 22.9 Å². The third kappa shape index (κ3) is 2.99. The summed E-state index contributed by atoms with van der Waals surface area (Å²) in [5, 5.41) is 7.43. The smallest absolute Gasteiger partial charge is 0.333 e. The van der Waals surface area contributed by atoms with Crippen LogP contribution in [0.4, 0.5) is 5.69 Å². The molecule has 0 spiro atoms. The standard InChI is InChI=1S/C15H19N3O2/c1-4-18-10-12(9-16-18)14(15(19)20-3)17-13-8-6-5-7-11(13)2/h5-10,14,17H,4H2,1-3H3. The number of ether oxygens (including phenoxy) is 1. The van der Waals surface area contributed by atoms with E-state index in [1.165, 1.54) is 7.11 Å². The van der Waals surface area contributed by atoms with Gasteiger partial charge in [0.1, 0.15) is 0 Å². The number of benzene rings is 1. The monoisotopic (exact) mass is 273 g/mol. The van der Waals surface area contributed by atoms with Gasteiger partial charge in [0.2, 0.25) is 0 Å². The number of hydrogen-bond donors (Lipinski definition) is 1. The molecule has 1 aromatic heterocycles. The predicted molar refractivity (Wildman–Crippen MR) is 77.5 cm³/mol. The van der Waals surface area contributed by atoms with Crippen LogP contribution >= 0.6 is 0 Å². The molecule has 1 unspecified atom stereocenters. The van der Waals surface area contributed by atoms with E-state index in [1.54, 1.807) is 10.9 Å². The Hall–Kier alpha value is -2.30. The highest BCUT2D eigenvalue weighted by Gasteiger charge is 2.23. The Morgan fingerprint density at radius 3 is 2.80 bits per heavy atom. The first-order chi connectivity index (χ1) is 9.65. The number of anilines is 1. The molecule has 0 aliphatic heterocycles. The van der Waals surface area contributed by atoms with E-state index < -0.39 is 6.04 Å². The van der Waals surface area contributed by atoms with E-state index in [9.17, 15) is 4.79 Å². The topological polar surface area (TPSA) is 56.2 Å². The maximum absolute atomic E-state index is 12.0. The number of hydrogen-bond acceptors (Lipinski definition) is 4. The zero-order valence-corrected chi connectivity index (χ0v) is 12.0. The molecule has 0 saturated heterocycles. The zero-order chi connectivity index (χ0) is 14.5. The van der Waals surface area contributed by atoms with Crippen LogP contribution in [0.5, 0.6) is 0 Å². The maximum Gasteiger partial charge on any atom is 0.333 e. The van der Waals surface area contributed by atoms with E-state index in [0.29, 0.717) is 0 Å². The van der Waals surface area contributed by atoms with Crippen molar-refractivity contribution in [3.63, 3.8) is 0 Å². The van der Waals surface area contributed by atoms with Gasteiger partial charge in [-0.25, -0.2) is 4.79 Å². The summed E-state index contributed by atoms with van der Waals surface area (Å²) < 4.78 is 6.67. The molecule has 1 N–H and O–H groups in total. The number of methoxy groups -OCH3 is 1. The Bertz CT molecular complexity index is 592. The van der Waals surface area contributed by atoms with E-state index in [1.807, 2.05) is 44.3 Å². The normalized spacial score (nSPS) is 11.9. The second-order valence-electron chi connectivity index (χ2n) is 4.54. The predicted octanol–water partition coefficient (Wildman–Crippen LogP) is 2.54. The number of carbonyl (C=O) groups excluding carboxylic acids is 1. The van der Waals surface area contributed by atoms with Crippen molar-refractivity contribution in [3.05, 3.63) is 47.8 Å². The van der Waals surface area contributed by atoms with Gasteiger partial charge in [-0.2, -0.15) is 5.10 Å². The van der Waals surface area contributed by atoms with E-state index >= 15 is 0 Å². The number of para-hydroxylation sites is 1. The van der Waals surface area contributed by atoms with Crippen molar-refractivity contribution in [2.75, 3.05) is 12.4 Å². The third-order valence-electron chi connectivity index (χ3n) is 3.19. The summed E-state index contributed by atoms with van der Waals surface area (Å²) >= 11 is 0. The highest BCUT2D eigenvalue weighted by molar-refractivity contribution is 5.81. The quantitative estimate of drug-likeness (QED) is 0.851. The number of esters is 1. The van der Waals surface area contributed by atoms with Gasteiger partial charge in [0.15, 0.2) is 6.04 Å². The third-order valence-corrected chi connectivity index (χ3v) is 3.19. The molecule has 0 aliphatic rings. The average molecular weight is 273 g/mol. The molecule has 0 amide bonds. The lowest BCUT2D eigenvalue weighted by atomic mass is 10.1. The summed E-state index contributed by atoms with van der Waals surface area (Å²) in [6.45, 7) is 4.75. The van der Waals surface area contributed by atoms with Crippen LogP contribution in [0.2, 0.25) is 0 Å². The molecule has 2 aromatic rings. The number of carbonyl (C=O) groups is 1. The fourth-order valence-electron chi connectivity index (χ4n) is 1.99. The van der Waals surface area contributed by atoms with Gasteiger partial charge < -0.3 is 10.1 Å². The minimum Gasteiger partial charge on any atom is -0.467 e. The molecule has 1 heterocycles. The van der Waals surface area contributed by atoms with Gasteiger partial charge in [0.05, 0.1) is 13.3 Å². The fraction of sp³-hybridized carbons (Fsp3) is 0.333. The van der Waals surface area contributed by atoms with Gasteiger partial charge in [0.25, 0.3) is 0 Å². The van der Waals surface area contributed by atoms with Gasteiger partial charge in [-0.05, 0) is 25.5 Å². The molecule has 20 heavy (non-hydrogen) atoms. The van der Waals surface area contributed by atoms with Crippen molar-refractivity contribution in [1.82, 2.24) is 9.78 Å². The Morgan fingerprint density at radius 2 is 2.20 bits per heavy atom. The van der Waals surface area contributed by atoms with Crippen molar-refractivity contribution < 1.29 is 9.53 Å². The summed E-state index contributed by atoms with van der Waals surface area (Å²) in [6.07, 6.45) is 3.54. The van der Waals surface area contributed by atoms with Crippen LogP contribution in [0.1, 0.15) is 24.1 Å². The summed E-state index contributed by atoms with van der Waals surface area (Å²) in [4.78, 5) is 12.0. The van der Waals surface area contributed by atoms with Crippen molar-refractivity contribution in [2.24, 2.45) is 0 Å². The highest BCUT2D eigenvalue weighted by Crippen LogP contribution is 2.23. The second kappa shape index (κ2) is 6.23. The molecule has 0 saturated carbocycles. The molecule has 0 aliphatic carbocycles. The van der Waals surface area contributed by atoms with Gasteiger partial charge in [-0.3, -0.25) is 4.68 Å². The van der Waals surface area contributed by atoms with Gasteiger partial charge in [-0.1, -0.05) is 18.2 Å². The van der Waals surface area contributed by atoms with Crippen LogP contribution in [0.25, 0.3) is 0 Å². The molecule has 0 bridgehead atoms. The molecule has 5 nitrogen and oxygen atoms in total. The second-order valence-corrected chi connectivity index (χ2v) is 4.54. The van der Waals surface area contributed by atoms with E-state index in [-0.39, 0.29) is 5.97 Å². The van der Waals surface area contributed by atoms with Crippen LogP contribution < -0.4 is 5.32 Å². The molecule has 0 fully saturated rings. The molecular formula is C15H19N3O2. The molecule has 2 rings (SSSR count). The van der Waals surface area contributed by atoms with Crippen molar-refractivity contribution >= 4 is 11.7 Å². The number of aryl methyl sites for hydroxylation is 2. The lowest BCUT2D eigenvalue weighted by Gasteiger charge is -2.17. The maximum atomic E-state index is 12.0. The first-order valence-electron chi connectivity index (χ1n) is 6.58. The molecule has 5 heteroatoms.